The Morgan fingerprint density at radius 3 is 2.84 bits per heavy atom. The van der Waals surface area contributed by atoms with Crippen LogP contribution in [-0.4, -0.2) is 29.4 Å². The van der Waals surface area contributed by atoms with E-state index in [-0.39, 0.29) is 11.9 Å². The molecule has 0 aliphatic heterocycles. The Morgan fingerprint density at radius 1 is 1.22 bits per heavy atom. The Labute approximate surface area is 188 Å². The quantitative estimate of drug-likeness (QED) is 0.532. The number of aromatic nitrogens is 2. The Balaban J connectivity index is 1.43. The van der Waals surface area contributed by atoms with Crippen molar-refractivity contribution in [3.8, 4) is 11.5 Å². The first-order valence-electron chi connectivity index (χ1n) is 11.1. The molecule has 0 bridgehead atoms. The minimum atomic E-state index is -0.119. The molecule has 1 aliphatic rings. The van der Waals surface area contributed by atoms with Crippen molar-refractivity contribution in [1.29, 1.82) is 0 Å². The smallest absolute Gasteiger partial charge is 0.244 e. The Kier molecular flexibility index (Phi) is 6.90. The van der Waals surface area contributed by atoms with E-state index in [1.165, 1.54) is 11.3 Å². The lowest BCUT2D eigenvalue weighted by molar-refractivity contribution is -0.117. The van der Waals surface area contributed by atoms with Crippen molar-refractivity contribution in [3.63, 3.8) is 0 Å². The molecule has 6 nitrogen and oxygen atoms in total. The van der Waals surface area contributed by atoms with Crippen LogP contribution in [0.3, 0.4) is 0 Å². The molecule has 0 spiro atoms. The van der Waals surface area contributed by atoms with Crippen molar-refractivity contribution in [2.75, 3.05) is 13.7 Å². The average Bonchev–Trinajstić information content (AvgIpc) is 3.23. The number of benzene rings is 2. The number of rotatable bonds is 8. The van der Waals surface area contributed by atoms with Gasteiger partial charge in [-0.3, -0.25) is 9.48 Å². The molecule has 1 aromatic heterocycles. The molecule has 0 fully saturated rings. The number of carbonyl (C=O) groups excluding carboxylic acids is 1. The van der Waals surface area contributed by atoms with E-state index in [2.05, 4.69) is 27.2 Å². The maximum absolute atomic E-state index is 12.6. The second kappa shape index (κ2) is 10.2. The zero-order valence-corrected chi connectivity index (χ0v) is 18.6. The van der Waals surface area contributed by atoms with Gasteiger partial charge in [-0.2, -0.15) is 5.10 Å². The summed E-state index contributed by atoms with van der Waals surface area (Å²) in [6.07, 6.45) is 8.19. The highest BCUT2D eigenvalue weighted by Gasteiger charge is 2.25. The molecule has 3 aromatic rings. The fraction of sp³-hybridized carbons (Fsp3) is 0.308. The number of amides is 1. The molecule has 0 radical (unpaired) electrons. The summed E-state index contributed by atoms with van der Waals surface area (Å²) in [5.74, 6) is 1.22. The van der Waals surface area contributed by atoms with Crippen molar-refractivity contribution >= 4 is 12.0 Å². The lowest BCUT2D eigenvalue weighted by atomic mass is 9.93. The van der Waals surface area contributed by atoms with Crippen molar-refractivity contribution in [2.24, 2.45) is 0 Å². The molecule has 1 heterocycles. The Hall–Kier alpha value is -3.54. The van der Waals surface area contributed by atoms with E-state index >= 15 is 0 Å². The molecule has 166 valence electrons. The fourth-order valence-electron chi connectivity index (χ4n) is 4.12. The summed E-state index contributed by atoms with van der Waals surface area (Å²) >= 11 is 0. The van der Waals surface area contributed by atoms with Gasteiger partial charge >= 0.3 is 0 Å². The van der Waals surface area contributed by atoms with Gasteiger partial charge in [0.25, 0.3) is 0 Å². The molecule has 1 N–H and O–H groups in total. The average molecular weight is 432 g/mol. The predicted molar refractivity (Wildman–Crippen MR) is 125 cm³/mol. The first-order chi connectivity index (χ1) is 15.7. The van der Waals surface area contributed by atoms with E-state index in [1.807, 2.05) is 49.5 Å². The van der Waals surface area contributed by atoms with Gasteiger partial charge in [-0.15, -0.1) is 0 Å². The number of ether oxygens (including phenoxy) is 2. The molecule has 32 heavy (non-hydrogen) atoms. The summed E-state index contributed by atoms with van der Waals surface area (Å²) in [6, 6.07) is 15.9. The maximum atomic E-state index is 12.6. The van der Waals surface area contributed by atoms with Crippen LogP contribution in [0.2, 0.25) is 0 Å². The van der Waals surface area contributed by atoms with E-state index in [9.17, 15) is 4.79 Å². The van der Waals surface area contributed by atoms with Gasteiger partial charge in [-0.1, -0.05) is 36.4 Å². The van der Waals surface area contributed by atoms with E-state index in [4.69, 9.17) is 9.47 Å². The minimum Gasteiger partial charge on any atom is -0.493 e. The van der Waals surface area contributed by atoms with Crippen LogP contribution in [0.15, 0.2) is 60.8 Å². The third kappa shape index (κ3) is 5.02. The molecule has 4 rings (SSSR count). The number of fused-ring (bicyclic) bond motifs is 1. The molecule has 1 unspecified atom stereocenters. The molecular formula is C26H29N3O3. The molecule has 1 amide bonds. The maximum Gasteiger partial charge on any atom is 0.244 e. The Morgan fingerprint density at radius 2 is 2.06 bits per heavy atom. The molecule has 0 saturated heterocycles. The van der Waals surface area contributed by atoms with Gasteiger partial charge in [0.05, 0.1) is 32.5 Å². The molecule has 2 aromatic carbocycles. The van der Waals surface area contributed by atoms with E-state index < -0.39 is 0 Å². The SMILES string of the molecule is CCOc1ccc(/C=C/C(=O)NC2CCCc3c2cnn3Cc2ccccc2)cc1OC. The molecular weight excluding hydrogens is 402 g/mol. The summed E-state index contributed by atoms with van der Waals surface area (Å²) in [7, 11) is 1.61. The van der Waals surface area contributed by atoms with Gasteiger partial charge in [0.1, 0.15) is 0 Å². The third-order valence-corrected chi connectivity index (χ3v) is 5.67. The summed E-state index contributed by atoms with van der Waals surface area (Å²) in [4.78, 5) is 12.6. The zero-order chi connectivity index (χ0) is 22.3. The Bertz CT molecular complexity index is 1090. The van der Waals surface area contributed by atoms with E-state index in [1.54, 1.807) is 19.3 Å². The van der Waals surface area contributed by atoms with Gasteiger partial charge < -0.3 is 14.8 Å². The second-order valence-corrected chi connectivity index (χ2v) is 7.82. The summed E-state index contributed by atoms with van der Waals surface area (Å²) in [6.45, 7) is 3.25. The van der Waals surface area contributed by atoms with Gasteiger partial charge in [-0.05, 0) is 55.5 Å². The predicted octanol–water partition coefficient (Wildman–Crippen LogP) is 4.55. The monoisotopic (exact) mass is 431 g/mol. The number of carbonyl (C=O) groups is 1. The number of methoxy groups -OCH3 is 1. The largest absolute Gasteiger partial charge is 0.493 e. The van der Waals surface area contributed by atoms with E-state index in [0.29, 0.717) is 18.1 Å². The van der Waals surface area contributed by atoms with Crippen LogP contribution in [0.25, 0.3) is 6.08 Å². The van der Waals surface area contributed by atoms with Crippen LogP contribution < -0.4 is 14.8 Å². The first-order valence-corrected chi connectivity index (χ1v) is 11.1. The zero-order valence-electron chi connectivity index (χ0n) is 18.6. The van der Waals surface area contributed by atoms with Gasteiger partial charge in [0.2, 0.25) is 5.91 Å². The highest BCUT2D eigenvalue weighted by Crippen LogP contribution is 2.30. The van der Waals surface area contributed by atoms with Crippen LogP contribution in [0.1, 0.15) is 48.2 Å². The molecule has 0 saturated carbocycles. The van der Waals surface area contributed by atoms with Crippen molar-refractivity contribution < 1.29 is 14.3 Å². The van der Waals surface area contributed by atoms with Crippen LogP contribution in [0.5, 0.6) is 11.5 Å². The first kappa shape index (κ1) is 21.7. The standard InChI is InChI=1S/C26H29N3O3/c1-3-32-24-14-12-19(16-25(24)31-2)13-15-26(30)28-22-10-7-11-23-21(22)17-27-29(23)18-20-8-5-4-6-9-20/h4-6,8-9,12-17,22H,3,7,10-11,18H2,1-2H3,(H,28,30)/b15-13+. The van der Waals surface area contributed by atoms with Gasteiger partial charge in [0.15, 0.2) is 11.5 Å². The topological polar surface area (TPSA) is 65.4 Å². The lowest BCUT2D eigenvalue weighted by Gasteiger charge is -2.23. The third-order valence-electron chi connectivity index (χ3n) is 5.67. The molecule has 1 atom stereocenters. The summed E-state index contributed by atoms with van der Waals surface area (Å²) in [5.41, 5.74) is 4.43. The second-order valence-electron chi connectivity index (χ2n) is 7.82. The summed E-state index contributed by atoms with van der Waals surface area (Å²) in [5, 5.41) is 7.76. The highest BCUT2D eigenvalue weighted by molar-refractivity contribution is 5.92. The van der Waals surface area contributed by atoms with Crippen LogP contribution in [-0.2, 0) is 17.8 Å². The van der Waals surface area contributed by atoms with E-state index in [0.717, 1.165) is 36.9 Å². The normalized spacial score (nSPS) is 15.4. The number of nitrogens with zero attached hydrogens (tertiary/aromatic N) is 2. The van der Waals surface area contributed by atoms with Crippen LogP contribution >= 0.6 is 0 Å². The highest BCUT2D eigenvalue weighted by atomic mass is 16.5. The van der Waals surface area contributed by atoms with Gasteiger partial charge in [-0.25, -0.2) is 0 Å². The van der Waals surface area contributed by atoms with Crippen molar-refractivity contribution in [3.05, 3.63) is 83.2 Å². The van der Waals surface area contributed by atoms with Crippen molar-refractivity contribution in [1.82, 2.24) is 15.1 Å². The molecule has 6 heteroatoms. The summed E-state index contributed by atoms with van der Waals surface area (Å²) < 4.78 is 13.0. The van der Waals surface area contributed by atoms with Crippen molar-refractivity contribution in [2.45, 2.75) is 38.8 Å². The lowest BCUT2D eigenvalue weighted by Crippen LogP contribution is -2.29. The number of hydrogen-bond acceptors (Lipinski definition) is 4. The minimum absolute atomic E-state index is 0.0183. The van der Waals surface area contributed by atoms with Crippen LogP contribution in [0.4, 0.5) is 0 Å². The van der Waals surface area contributed by atoms with Crippen LogP contribution in [0, 0.1) is 0 Å². The number of nitrogens with one attached hydrogen (secondary N) is 1. The fourth-order valence-corrected chi connectivity index (χ4v) is 4.12. The van der Waals surface area contributed by atoms with Gasteiger partial charge in [0, 0.05) is 17.3 Å². The molecule has 1 aliphatic carbocycles. The number of hydrogen-bond donors (Lipinski definition) is 1.